The summed E-state index contributed by atoms with van der Waals surface area (Å²) in [4.78, 5) is 12.7. The maximum absolute atomic E-state index is 12.7. The van der Waals surface area contributed by atoms with Crippen molar-refractivity contribution in [2.75, 3.05) is 34.5 Å². The van der Waals surface area contributed by atoms with E-state index in [1.807, 2.05) is 0 Å². The average Bonchev–Trinajstić information content (AvgIpc) is 2.89. The lowest BCUT2D eigenvalue weighted by molar-refractivity contribution is 0.0675. The van der Waals surface area contributed by atoms with Gasteiger partial charge in [-0.2, -0.15) is 0 Å². The van der Waals surface area contributed by atoms with Crippen molar-refractivity contribution in [2.45, 2.75) is 18.6 Å². The lowest BCUT2D eigenvalue weighted by Crippen LogP contribution is -2.29. The van der Waals surface area contributed by atoms with Crippen LogP contribution in [0.15, 0.2) is 48.5 Å². The Morgan fingerprint density at radius 3 is 2.22 bits per heavy atom. The molecule has 0 spiro atoms. The van der Waals surface area contributed by atoms with Crippen LogP contribution >= 0.6 is 0 Å². The summed E-state index contributed by atoms with van der Waals surface area (Å²) in [6, 6.07) is 12.7. The Bertz CT molecular complexity index is 1250. The summed E-state index contributed by atoms with van der Waals surface area (Å²) in [5.74, 6) is 1.05. The van der Waals surface area contributed by atoms with E-state index < -0.39 is 12.2 Å². The Balaban J connectivity index is 1.56. The van der Waals surface area contributed by atoms with Crippen LogP contribution in [0.4, 0.5) is 0 Å². The third-order valence-electron chi connectivity index (χ3n) is 5.82. The highest BCUT2D eigenvalue weighted by Crippen LogP contribution is 2.45. The number of aromatic hydroxyl groups is 2. The number of hydrogen-bond donors (Lipinski definition) is 3. The summed E-state index contributed by atoms with van der Waals surface area (Å²) in [5.41, 5.74) is 0.588. The van der Waals surface area contributed by atoms with E-state index in [0.29, 0.717) is 28.6 Å². The number of carbonyl (C=O) groups is 1. The van der Waals surface area contributed by atoms with Gasteiger partial charge in [0.25, 0.3) is 0 Å². The van der Waals surface area contributed by atoms with E-state index in [9.17, 15) is 20.1 Å². The summed E-state index contributed by atoms with van der Waals surface area (Å²) in [6.07, 6.45) is -1.49. The van der Waals surface area contributed by atoms with Crippen LogP contribution in [-0.4, -0.2) is 61.7 Å². The maximum atomic E-state index is 12.7. The molecule has 0 bridgehead atoms. The molecule has 0 radical (unpaired) electrons. The van der Waals surface area contributed by atoms with Crippen LogP contribution in [0.2, 0.25) is 0 Å². The fourth-order valence-electron chi connectivity index (χ4n) is 4.04. The number of phenolic OH excluding ortho intramolecular Hbond substituents is 2. The first kappa shape index (κ1) is 25.8. The molecule has 196 valence electrons. The Kier molecular flexibility index (Phi) is 7.78. The third-order valence-corrected chi connectivity index (χ3v) is 5.82. The van der Waals surface area contributed by atoms with Crippen LogP contribution in [0.25, 0.3) is 0 Å². The Morgan fingerprint density at radius 1 is 0.946 bits per heavy atom. The van der Waals surface area contributed by atoms with Crippen LogP contribution in [0.3, 0.4) is 0 Å². The van der Waals surface area contributed by atoms with Crippen LogP contribution in [0, 0.1) is 0 Å². The van der Waals surface area contributed by atoms with Crippen molar-refractivity contribution in [1.82, 2.24) is 0 Å². The highest BCUT2D eigenvalue weighted by Gasteiger charge is 2.32. The first-order valence-electron chi connectivity index (χ1n) is 11.4. The van der Waals surface area contributed by atoms with Crippen LogP contribution in [0.5, 0.6) is 46.0 Å². The molecule has 10 nitrogen and oxygen atoms in total. The molecule has 1 aliphatic heterocycles. The first-order chi connectivity index (χ1) is 17.9. The number of aliphatic hydroxyl groups is 1. The SMILES string of the molecule is COc1ccccc1O[C@@H](CO)COc1c(OC)cc([C@@H]2CC(=O)c3c(O)cc(O)cc3O2)cc1OC. The fraction of sp³-hybridized carbons (Fsp3) is 0.296. The van der Waals surface area contributed by atoms with Gasteiger partial charge in [0.15, 0.2) is 34.9 Å². The van der Waals surface area contributed by atoms with Crippen molar-refractivity contribution in [1.29, 1.82) is 0 Å². The average molecular weight is 513 g/mol. The molecule has 0 saturated carbocycles. The summed E-state index contributed by atoms with van der Waals surface area (Å²) >= 11 is 0. The van der Waals surface area contributed by atoms with Crippen molar-refractivity contribution in [3.05, 3.63) is 59.7 Å². The summed E-state index contributed by atoms with van der Waals surface area (Å²) < 4.78 is 34.1. The number of carbonyl (C=O) groups excluding carboxylic acids is 1. The molecule has 0 aliphatic carbocycles. The summed E-state index contributed by atoms with van der Waals surface area (Å²) in [5, 5.41) is 29.7. The molecule has 37 heavy (non-hydrogen) atoms. The standard InChI is InChI=1S/C27H28O10/c1-32-20-6-4-5-7-21(20)36-17(13-28)14-35-27-24(33-2)8-15(9-25(27)34-3)22-12-19(31)26-18(30)10-16(29)11-23(26)37-22/h4-11,17,22,28-30H,12-14H2,1-3H3/t17-,22-/m0/s1. The van der Waals surface area contributed by atoms with E-state index in [-0.39, 0.29) is 54.0 Å². The number of phenols is 2. The predicted octanol–water partition coefficient (Wildman–Crippen LogP) is 3.65. The molecule has 10 heteroatoms. The van der Waals surface area contributed by atoms with Gasteiger partial charge in [-0.3, -0.25) is 4.79 Å². The van der Waals surface area contributed by atoms with E-state index in [1.165, 1.54) is 27.4 Å². The van der Waals surface area contributed by atoms with E-state index in [1.54, 1.807) is 36.4 Å². The quantitative estimate of drug-likeness (QED) is 0.370. The minimum absolute atomic E-state index is 0.0259. The van der Waals surface area contributed by atoms with Crippen LogP contribution in [-0.2, 0) is 0 Å². The normalized spacial score (nSPS) is 15.2. The van der Waals surface area contributed by atoms with E-state index in [2.05, 4.69) is 0 Å². The monoisotopic (exact) mass is 512 g/mol. The number of ether oxygens (including phenoxy) is 6. The molecule has 0 amide bonds. The molecule has 0 fully saturated rings. The molecule has 1 heterocycles. The molecule has 0 aromatic heterocycles. The smallest absolute Gasteiger partial charge is 0.203 e. The van der Waals surface area contributed by atoms with Crippen molar-refractivity contribution >= 4 is 5.78 Å². The molecule has 2 atom stereocenters. The minimum Gasteiger partial charge on any atom is -0.508 e. The Hall–Kier alpha value is -4.31. The summed E-state index contributed by atoms with van der Waals surface area (Å²) in [6.45, 7) is -0.358. The van der Waals surface area contributed by atoms with Gasteiger partial charge in [-0.25, -0.2) is 0 Å². The summed E-state index contributed by atoms with van der Waals surface area (Å²) in [7, 11) is 4.44. The van der Waals surface area contributed by atoms with Crippen LogP contribution < -0.4 is 28.4 Å². The number of para-hydroxylation sites is 2. The predicted molar refractivity (Wildman–Crippen MR) is 132 cm³/mol. The van der Waals surface area contributed by atoms with Crippen molar-refractivity contribution in [3.63, 3.8) is 0 Å². The van der Waals surface area contributed by atoms with E-state index in [4.69, 9.17) is 28.4 Å². The molecular weight excluding hydrogens is 484 g/mol. The zero-order valence-corrected chi connectivity index (χ0v) is 20.6. The second-order valence-electron chi connectivity index (χ2n) is 8.21. The number of rotatable bonds is 10. The largest absolute Gasteiger partial charge is 0.508 e. The Morgan fingerprint density at radius 2 is 1.59 bits per heavy atom. The number of fused-ring (bicyclic) bond motifs is 1. The van der Waals surface area contributed by atoms with Crippen molar-refractivity contribution < 1.29 is 48.5 Å². The first-order valence-corrected chi connectivity index (χ1v) is 11.4. The molecule has 0 saturated heterocycles. The number of methoxy groups -OCH3 is 3. The van der Waals surface area contributed by atoms with E-state index >= 15 is 0 Å². The fourth-order valence-corrected chi connectivity index (χ4v) is 4.04. The molecule has 3 N–H and O–H groups in total. The van der Waals surface area contributed by atoms with Gasteiger partial charge in [0, 0.05) is 17.7 Å². The lowest BCUT2D eigenvalue weighted by Gasteiger charge is -2.27. The van der Waals surface area contributed by atoms with Crippen LogP contribution in [0.1, 0.15) is 28.4 Å². The van der Waals surface area contributed by atoms with Gasteiger partial charge in [0.2, 0.25) is 5.75 Å². The lowest BCUT2D eigenvalue weighted by atomic mass is 9.95. The number of Topliss-reactive ketones (excluding diaryl/α,β-unsaturated/α-hetero) is 1. The number of hydrogen-bond acceptors (Lipinski definition) is 10. The highest BCUT2D eigenvalue weighted by atomic mass is 16.6. The van der Waals surface area contributed by atoms with Gasteiger partial charge >= 0.3 is 0 Å². The molecule has 0 unspecified atom stereocenters. The number of aliphatic hydroxyl groups excluding tert-OH is 1. The third kappa shape index (κ3) is 5.44. The van der Waals surface area contributed by atoms with Gasteiger partial charge in [-0.1, -0.05) is 12.1 Å². The molecular formula is C27H28O10. The van der Waals surface area contributed by atoms with Crippen molar-refractivity contribution in [2.24, 2.45) is 0 Å². The Labute approximate surface area is 213 Å². The second kappa shape index (κ2) is 11.2. The minimum atomic E-state index is -0.725. The highest BCUT2D eigenvalue weighted by molar-refractivity contribution is 6.02. The molecule has 3 aromatic rings. The van der Waals surface area contributed by atoms with Gasteiger partial charge in [-0.15, -0.1) is 0 Å². The zero-order valence-electron chi connectivity index (χ0n) is 20.6. The number of ketones is 1. The van der Waals surface area contributed by atoms with Gasteiger partial charge in [0.05, 0.1) is 34.4 Å². The zero-order chi connectivity index (χ0) is 26.5. The second-order valence-corrected chi connectivity index (χ2v) is 8.21. The van der Waals surface area contributed by atoms with E-state index in [0.717, 1.165) is 6.07 Å². The van der Waals surface area contributed by atoms with Crippen molar-refractivity contribution in [3.8, 4) is 46.0 Å². The number of benzene rings is 3. The molecule has 1 aliphatic rings. The van der Waals surface area contributed by atoms with Gasteiger partial charge < -0.3 is 43.7 Å². The van der Waals surface area contributed by atoms with Gasteiger partial charge in [-0.05, 0) is 24.3 Å². The molecule has 4 rings (SSSR count). The van der Waals surface area contributed by atoms with Gasteiger partial charge in [0.1, 0.15) is 35.5 Å². The molecule has 3 aromatic carbocycles. The topological polar surface area (TPSA) is 133 Å². The maximum Gasteiger partial charge on any atom is 0.203 e.